The summed E-state index contributed by atoms with van der Waals surface area (Å²) >= 11 is 5.65. The first-order chi connectivity index (χ1) is 12.8. The van der Waals surface area contributed by atoms with Crippen molar-refractivity contribution in [1.29, 1.82) is 5.26 Å². The van der Waals surface area contributed by atoms with Crippen molar-refractivity contribution >= 4 is 29.2 Å². The molecule has 0 spiro atoms. The van der Waals surface area contributed by atoms with Crippen LogP contribution in [0.15, 0.2) is 42.5 Å². The fraction of sp³-hybridized carbons (Fsp3) is 0.211. The second kappa shape index (κ2) is 9.01. The molecule has 0 unspecified atom stereocenters. The minimum Gasteiger partial charge on any atom is -0.479 e. The van der Waals surface area contributed by atoms with Gasteiger partial charge in [0, 0.05) is 5.69 Å². The van der Waals surface area contributed by atoms with E-state index in [4.69, 9.17) is 26.3 Å². The van der Waals surface area contributed by atoms with Gasteiger partial charge in [0.2, 0.25) is 0 Å². The molecule has 140 valence electrons. The fourth-order valence-corrected chi connectivity index (χ4v) is 2.18. The molecule has 0 aliphatic heterocycles. The van der Waals surface area contributed by atoms with Gasteiger partial charge in [0.05, 0.1) is 16.7 Å². The Hall–Kier alpha value is -3.11. The molecular formula is C19H16ClFN2O4. The smallest absolute Gasteiger partial charge is 0.347 e. The second-order valence-electron chi connectivity index (χ2n) is 5.59. The van der Waals surface area contributed by atoms with Crippen molar-refractivity contribution in [3.8, 4) is 11.8 Å². The number of carbonyl (C=O) groups excluding carboxylic acids is 2. The Morgan fingerprint density at radius 3 is 2.41 bits per heavy atom. The van der Waals surface area contributed by atoms with Crippen molar-refractivity contribution in [2.24, 2.45) is 0 Å². The molecule has 2 aromatic carbocycles. The molecule has 6 nitrogen and oxygen atoms in total. The normalized spacial score (nSPS) is 12.4. The number of amides is 1. The third-order valence-electron chi connectivity index (χ3n) is 3.48. The number of nitrogens with zero attached hydrogens (tertiary/aromatic N) is 1. The second-order valence-corrected chi connectivity index (χ2v) is 6.00. The van der Waals surface area contributed by atoms with Crippen LogP contribution in [0.5, 0.6) is 5.75 Å². The van der Waals surface area contributed by atoms with E-state index in [1.165, 1.54) is 26.0 Å². The maximum Gasteiger partial charge on any atom is 0.347 e. The van der Waals surface area contributed by atoms with Crippen LogP contribution in [0.2, 0.25) is 5.02 Å². The van der Waals surface area contributed by atoms with E-state index in [9.17, 15) is 14.0 Å². The lowest BCUT2D eigenvalue weighted by molar-refractivity contribution is -0.159. The number of nitriles is 1. The van der Waals surface area contributed by atoms with Crippen molar-refractivity contribution in [2.45, 2.75) is 26.1 Å². The molecule has 2 rings (SSSR count). The first kappa shape index (κ1) is 20.2. The number of anilines is 1. The number of benzene rings is 2. The van der Waals surface area contributed by atoms with E-state index in [2.05, 4.69) is 5.32 Å². The highest BCUT2D eigenvalue weighted by Crippen LogP contribution is 2.20. The summed E-state index contributed by atoms with van der Waals surface area (Å²) in [6.07, 6.45) is -2.07. The van der Waals surface area contributed by atoms with Gasteiger partial charge in [-0.05, 0) is 56.3 Å². The number of hydrogen-bond donors (Lipinski definition) is 1. The number of ether oxygens (including phenoxy) is 2. The van der Waals surface area contributed by atoms with E-state index in [1.54, 1.807) is 24.3 Å². The van der Waals surface area contributed by atoms with Crippen LogP contribution >= 0.6 is 11.6 Å². The molecule has 2 aromatic rings. The number of halogens is 2. The number of hydrogen-bond acceptors (Lipinski definition) is 5. The standard InChI is InChI=1S/C19H16ClFN2O4/c1-11(18(24)23-14-5-8-17(21)16(20)9-14)27-19(25)12(2)26-15-6-3-13(10-22)4-7-15/h3-9,11-12H,1-2H3,(H,23,24)/t11-,12-/m0/s1. The molecule has 0 bridgehead atoms. The number of nitrogens with one attached hydrogen (secondary N) is 1. The molecule has 0 saturated heterocycles. The Morgan fingerprint density at radius 2 is 1.81 bits per heavy atom. The minimum absolute atomic E-state index is 0.137. The molecule has 0 aliphatic rings. The summed E-state index contributed by atoms with van der Waals surface area (Å²) in [7, 11) is 0. The van der Waals surface area contributed by atoms with Gasteiger partial charge in [0.15, 0.2) is 12.2 Å². The first-order valence-corrected chi connectivity index (χ1v) is 8.31. The monoisotopic (exact) mass is 390 g/mol. The van der Waals surface area contributed by atoms with E-state index < -0.39 is 29.9 Å². The van der Waals surface area contributed by atoms with Crippen LogP contribution in [0.4, 0.5) is 10.1 Å². The quantitative estimate of drug-likeness (QED) is 0.760. The summed E-state index contributed by atoms with van der Waals surface area (Å²) < 4.78 is 23.6. The molecule has 1 amide bonds. The van der Waals surface area contributed by atoms with Gasteiger partial charge in [-0.15, -0.1) is 0 Å². The van der Waals surface area contributed by atoms with Crippen LogP contribution in [0.1, 0.15) is 19.4 Å². The van der Waals surface area contributed by atoms with E-state index in [0.29, 0.717) is 11.3 Å². The van der Waals surface area contributed by atoms with Gasteiger partial charge in [0.1, 0.15) is 11.6 Å². The van der Waals surface area contributed by atoms with Gasteiger partial charge in [-0.25, -0.2) is 9.18 Å². The molecule has 0 saturated carbocycles. The van der Waals surface area contributed by atoms with Crippen molar-refractivity contribution in [2.75, 3.05) is 5.32 Å². The van der Waals surface area contributed by atoms with Crippen molar-refractivity contribution in [3.05, 3.63) is 58.9 Å². The largest absolute Gasteiger partial charge is 0.479 e. The zero-order chi connectivity index (χ0) is 20.0. The SMILES string of the molecule is C[C@H](OC(=O)[C@H](C)Oc1ccc(C#N)cc1)C(=O)Nc1ccc(F)c(Cl)c1. The summed E-state index contributed by atoms with van der Waals surface area (Å²) in [5.41, 5.74) is 0.736. The first-order valence-electron chi connectivity index (χ1n) is 7.93. The topological polar surface area (TPSA) is 88.4 Å². The highest BCUT2D eigenvalue weighted by molar-refractivity contribution is 6.31. The maximum atomic E-state index is 13.1. The zero-order valence-corrected chi connectivity index (χ0v) is 15.3. The molecule has 0 fully saturated rings. The number of carbonyl (C=O) groups is 2. The Bertz CT molecular complexity index is 880. The molecule has 0 radical (unpaired) electrons. The average molecular weight is 391 g/mol. The summed E-state index contributed by atoms with van der Waals surface area (Å²) in [4.78, 5) is 24.2. The molecular weight excluding hydrogens is 375 g/mol. The Kier molecular flexibility index (Phi) is 6.74. The van der Waals surface area contributed by atoms with Crippen molar-refractivity contribution in [1.82, 2.24) is 0 Å². The van der Waals surface area contributed by atoms with Gasteiger partial charge < -0.3 is 14.8 Å². The Morgan fingerprint density at radius 1 is 1.15 bits per heavy atom. The molecule has 27 heavy (non-hydrogen) atoms. The van der Waals surface area contributed by atoms with E-state index >= 15 is 0 Å². The number of rotatable bonds is 6. The van der Waals surface area contributed by atoms with E-state index in [-0.39, 0.29) is 10.7 Å². The van der Waals surface area contributed by atoms with E-state index in [0.717, 1.165) is 6.07 Å². The summed E-state index contributed by atoms with van der Waals surface area (Å²) in [5.74, 6) is -1.56. The molecule has 2 atom stereocenters. The maximum absolute atomic E-state index is 13.1. The molecule has 0 aromatic heterocycles. The average Bonchev–Trinajstić information content (AvgIpc) is 2.65. The van der Waals surface area contributed by atoms with E-state index in [1.807, 2.05) is 6.07 Å². The Labute approximate surface area is 160 Å². The lowest BCUT2D eigenvalue weighted by Gasteiger charge is -2.18. The van der Waals surface area contributed by atoms with Crippen LogP contribution < -0.4 is 10.1 Å². The third-order valence-corrected chi connectivity index (χ3v) is 3.77. The molecule has 8 heteroatoms. The van der Waals surface area contributed by atoms with Crippen molar-refractivity contribution in [3.63, 3.8) is 0 Å². The van der Waals surface area contributed by atoms with Crippen LogP contribution in [0.25, 0.3) is 0 Å². The summed E-state index contributed by atoms with van der Waals surface area (Å²) in [6, 6.07) is 11.9. The van der Waals surface area contributed by atoms with Crippen LogP contribution in [0.3, 0.4) is 0 Å². The van der Waals surface area contributed by atoms with Crippen LogP contribution in [-0.4, -0.2) is 24.1 Å². The summed E-state index contributed by atoms with van der Waals surface area (Å²) in [5, 5.41) is 11.1. The van der Waals surface area contributed by atoms with Gasteiger partial charge in [0.25, 0.3) is 5.91 Å². The zero-order valence-electron chi connectivity index (χ0n) is 14.5. The van der Waals surface area contributed by atoms with Crippen molar-refractivity contribution < 1.29 is 23.5 Å². The highest BCUT2D eigenvalue weighted by atomic mass is 35.5. The highest BCUT2D eigenvalue weighted by Gasteiger charge is 2.23. The molecule has 1 N–H and O–H groups in total. The Balaban J connectivity index is 1.89. The predicted octanol–water partition coefficient (Wildman–Crippen LogP) is 3.69. The lowest BCUT2D eigenvalue weighted by atomic mass is 10.2. The van der Waals surface area contributed by atoms with Crippen LogP contribution in [0, 0.1) is 17.1 Å². The van der Waals surface area contributed by atoms with Gasteiger partial charge in [-0.3, -0.25) is 4.79 Å². The minimum atomic E-state index is -1.10. The number of esters is 1. The van der Waals surface area contributed by atoms with Gasteiger partial charge in [-0.1, -0.05) is 11.6 Å². The molecule has 0 heterocycles. The fourth-order valence-electron chi connectivity index (χ4n) is 2.00. The molecule has 0 aliphatic carbocycles. The lowest BCUT2D eigenvalue weighted by Crippen LogP contribution is -2.35. The summed E-state index contributed by atoms with van der Waals surface area (Å²) in [6.45, 7) is 2.87. The van der Waals surface area contributed by atoms with Crippen LogP contribution in [-0.2, 0) is 14.3 Å². The van der Waals surface area contributed by atoms with Gasteiger partial charge >= 0.3 is 5.97 Å². The third kappa shape index (κ3) is 5.69. The van der Waals surface area contributed by atoms with Gasteiger partial charge in [-0.2, -0.15) is 5.26 Å². The predicted molar refractivity (Wildman–Crippen MR) is 96.8 cm³/mol.